The molecule has 22 heavy (non-hydrogen) atoms. The van der Waals surface area contributed by atoms with Gasteiger partial charge in [0.1, 0.15) is 8.80 Å². The Kier molecular flexibility index (Phi) is 3.79. The molecular formula is C20H17Si2. The van der Waals surface area contributed by atoms with Crippen molar-refractivity contribution in [2.45, 2.75) is 12.1 Å². The van der Waals surface area contributed by atoms with E-state index in [0.717, 1.165) is 9.52 Å². The Bertz CT molecular complexity index is 780. The molecule has 2 heteroatoms. The maximum Gasteiger partial charge on any atom is 0.125 e. The Morgan fingerprint density at radius 2 is 1.45 bits per heavy atom. The predicted molar refractivity (Wildman–Crippen MR) is 97.1 cm³/mol. The van der Waals surface area contributed by atoms with Crippen molar-refractivity contribution in [2.24, 2.45) is 0 Å². The molecule has 0 N–H and O–H groups in total. The van der Waals surface area contributed by atoms with E-state index in [1.54, 1.807) is 5.19 Å². The molecule has 1 heterocycles. The van der Waals surface area contributed by atoms with Crippen molar-refractivity contribution in [1.29, 1.82) is 0 Å². The smallest absolute Gasteiger partial charge is 0.0636 e. The molecule has 3 aromatic rings. The minimum Gasteiger partial charge on any atom is -0.0636 e. The molecule has 0 saturated carbocycles. The molecule has 0 atom stereocenters. The van der Waals surface area contributed by atoms with Gasteiger partial charge in [-0.15, -0.1) is 0 Å². The number of hydrogen-bond donors (Lipinski definition) is 0. The van der Waals surface area contributed by atoms with Crippen LogP contribution in [0.2, 0.25) is 0 Å². The highest BCUT2D eigenvalue weighted by Gasteiger charge is 2.19. The highest BCUT2D eigenvalue weighted by atomic mass is 28.3. The van der Waals surface area contributed by atoms with Crippen LogP contribution in [0.1, 0.15) is 11.1 Å². The lowest BCUT2D eigenvalue weighted by Gasteiger charge is -2.19. The van der Waals surface area contributed by atoms with Crippen LogP contribution in [0.4, 0.5) is 0 Å². The van der Waals surface area contributed by atoms with Crippen LogP contribution in [-0.4, -0.2) is 18.3 Å². The molecule has 0 unspecified atom stereocenters. The van der Waals surface area contributed by atoms with E-state index in [1.807, 2.05) is 0 Å². The van der Waals surface area contributed by atoms with E-state index >= 15 is 0 Å². The van der Waals surface area contributed by atoms with Crippen LogP contribution in [0, 0.1) is 0 Å². The fourth-order valence-electron chi connectivity index (χ4n) is 3.08. The van der Waals surface area contributed by atoms with Crippen molar-refractivity contribution in [1.82, 2.24) is 0 Å². The summed E-state index contributed by atoms with van der Waals surface area (Å²) in [6.45, 7) is 0. The lowest BCUT2D eigenvalue weighted by Crippen LogP contribution is -2.45. The molecule has 3 radical (unpaired) electrons. The molecule has 0 nitrogen and oxygen atoms in total. The van der Waals surface area contributed by atoms with Gasteiger partial charge in [0.05, 0.1) is 9.52 Å². The summed E-state index contributed by atoms with van der Waals surface area (Å²) >= 11 is 0. The second-order valence-corrected chi connectivity index (χ2v) is 9.53. The van der Waals surface area contributed by atoms with Crippen molar-refractivity contribution < 1.29 is 0 Å². The molecule has 3 aromatic carbocycles. The van der Waals surface area contributed by atoms with E-state index in [0.29, 0.717) is 0 Å². The molecule has 0 fully saturated rings. The highest BCUT2D eigenvalue weighted by molar-refractivity contribution is 6.84. The molecule has 0 amide bonds. The zero-order chi connectivity index (χ0) is 14.8. The van der Waals surface area contributed by atoms with Crippen molar-refractivity contribution >= 4 is 33.9 Å². The Morgan fingerprint density at radius 3 is 2.36 bits per heavy atom. The highest BCUT2D eigenvalue weighted by Crippen LogP contribution is 2.07. The Labute approximate surface area is 136 Å². The van der Waals surface area contributed by atoms with Crippen molar-refractivity contribution in [3.63, 3.8) is 0 Å². The zero-order valence-electron chi connectivity index (χ0n) is 12.4. The first-order valence-electron chi connectivity index (χ1n) is 7.72. The summed E-state index contributed by atoms with van der Waals surface area (Å²) in [5.41, 5.74) is 2.98. The largest absolute Gasteiger partial charge is 0.125 e. The molecule has 1 aliphatic rings. The summed E-state index contributed by atoms with van der Waals surface area (Å²) in [5.74, 6) is 0. The maximum atomic E-state index is 2.46. The second-order valence-electron chi connectivity index (χ2n) is 5.78. The minimum absolute atomic E-state index is 0.754. The van der Waals surface area contributed by atoms with E-state index in [2.05, 4.69) is 78.9 Å². The number of fused-ring (bicyclic) bond motifs is 4. The summed E-state index contributed by atoms with van der Waals surface area (Å²) in [4.78, 5) is 0. The fraction of sp³-hybridized carbons (Fsp3) is 0.100. The lowest BCUT2D eigenvalue weighted by molar-refractivity contribution is 1.35. The molecule has 105 valence electrons. The van der Waals surface area contributed by atoms with Crippen LogP contribution < -0.4 is 15.6 Å². The Hall–Kier alpha value is -1.91. The van der Waals surface area contributed by atoms with Crippen molar-refractivity contribution in [3.8, 4) is 0 Å². The first-order chi connectivity index (χ1) is 10.9. The third-order valence-corrected chi connectivity index (χ3v) is 8.31. The molecule has 0 spiro atoms. The van der Waals surface area contributed by atoms with Gasteiger partial charge in [-0.3, -0.25) is 0 Å². The average Bonchev–Trinajstić information content (AvgIpc) is 2.59. The van der Waals surface area contributed by atoms with Crippen LogP contribution >= 0.6 is 0 Å². The van der Waals surface area contributed by atoms with Gasteiger partial charge in [0.2, 0.25) is 0 Å². The van der Waals surface area contributed by atoms with E-state index < -0.39 is 8.80 Å². The van der Waals surface area contributed by atoms with E-state index in [4.69, 9.17) is 0 Å². The lowest BCUT2D eigenvalue weighted by atomic mass is 10.2. The van der Waals surface area contributed by atoms with Gasteiger partial charge in [-0.25, -0.2) is 0 Å². The quantitative estimate of drug-likeness (QED) is 0.602. The number of hydrogen-bond acceptors (Lipinski definition) is 0. The van der Waals surface area contributed by atoms with Crippen LogP contribution in [0.15, 0.2) is 78.9 Å². The van der Waals surface area contributed by atoms with Gasteiger partial charge >= 0.3 is 0 Å². The summed E-state index contributed by atoms with van der Waals surface area (Å²) in [5, 5.41) is 4.56. The van der Waals surface area contributed by atoms with Crippen LogP contribution in [0.3, 0.4) is 0 Å². The third-order valence-electron chi connectivity index (χ3n) is 4.20. The molecule has 0 saturated heterocycles. The van der Waals surface area contributed by atoms with Gasteiger partial charge in [-0.05, 0) is 12.1 Å². The SMILES string of the molecule is c1ccc([Si]2Cc3cccc(c3)[Si]Cc3cccc2c3)cc1. The molecule has 1 aliphatic heterocycles. The van der Waals surface area contributed by atoms with Crippen molar-refractivity contribution in [3.05, 3.63) is 90.0 Å². The van der Waals surface area contributed by atoms with E-state index in [-0.39, 0.29) is 0 Å². The predicted octanol–water partition coefficient (Wildman–Crippen LogP) is 1.92. The summed E-state index contributed by atoms with van der Waals surface area (Å²) < 4.78 is 0. The molecule has 0 aromatic heterocycles. The number of benzene rings is 3. The van der Waals surface area contributed by atoms with Crippen LogP contribution in [0.5, 0.6) is 0 Å². The monoisotopic (exact) mass is 313 g/mol. The second kappa shape index (κ2) is 6.07. The van der Waals surface area contributed by atoms with Crippen LogP contribution in [-0.2, 0) is 12.1 Å². The Balaban J connectivity index is 1.84. The molecule has 4 rings (SSSR count). The standard InChI is InChI=1S/C20H17Si2/c1-2-9-19(10-3-1)22-15-17-7-4-8-18(12-17)21-14-16-6-5-11-20(22)13-16/h1-13H,14-15H2. The zero-order valence-corrected chi connectivity index (χ0v) is 14.4. The van der Waals surface area contributed by atoms with Gasteiger partial charge < -0.3 is 0 Å². The minimum atomic E-state index is -0.754. The third kappa shape index (κ3) is 2.85. The van der Waals surface area contributed by atoms with Gasteiger partial charge in [0.15, 0.2) is 0 Å². The summed E-state index contributed by atoms with van der Waals surface area (Å²) in [6.07, 6.45) is 0. The van der Waals surface area contributed by atoms with Gasteiger partial charge in [0, 0.05) is 0 Å². The van der Waals surface area contributed by atoms with E-state index in [9.17, 15) is 0 Å². The first-order valence-corrected chi connectivity index (χ1v) is 10.6. The first kappa shape index (κ1) is 13.7. The van der Waals surface area contributed by atoms with Gasteiger partial charge in [-0.2, -0.15) is 0 Å². The van der Waals surface area contributed by atoms with Gasteiger partial charge in [0.25, 0.3) is 0 Å². The molecule has 0 aliphatic carbocycles. The fourth-order valence-corrected chi connectivity index (χ4v) is 6.83. The van der Waals surface area contributed by atoms with Crippen molar-refractivity contribution in [2.75, 3.05) is 0 Å². The van der Waals surface area contributed by atoms with Crippen LogP contribution in [0.25, 0.3) is 0 Å². The van der Waals surface area contributed by atoms with Gasteiger partial charge in [-0.1, -0.05) is 106 Å². The molecule has 4 bridgehead atoms. The summed E-state index contributed by atoms with van der Waals surface area (Å²) in [7, 11) is 0.125. The molecular weight excluding hydrogens is 296 g/mol. The van der Waals surface area contributed by atoms with E-state index in [1.165, 1.54) is 33.6 Å². The number of rotatable bonds is 1. The topological polar surface area (TPSA) is 0 Å². The Morgan fingerprint density at radius 1 is 0.682 bits per heavy atom. The average molecular weight is 314 g/mol. The summed E-state index contributed by atoms with van der Waals surface area (Å²) in [6, 6.07) is 32.0. The maximum absolute atomic E-state index is 2.46. The normalized spacial score (nSPS) is 14.5.